The van der Waals surface area contributed by atoms with Crippen LogP contribution < -0.4 is 11.1 Å². The molecule has 0 heterocycles. The number of benzene rings is 1. The molecule has 0 saturated heterocycles. The molecule has 92 valence electrons. The Kier molecular flexibility index (Phi) is 5.00. The molecule has 1 rings (SSSR count). The van der Waals surface area contributed by atoms with Gasteiger partial charge in [-0.25, -0.2) is 0 Å². The van der Waals surface area contributed by atoms with Gasteiger partial charge in [-0.05, 0) is 24.1 Å². The van der Waals surface area contributed by atoms with Crippen LogP contribution in [-0.4, -0.2) is 25.5 Å². The highest BCUT2D eigenvalue weighted by Crippen LogP contribution is 2.08. The number of aryl methyl sites for hydroxylation is 1. The highest BCUT2D eigenvalue weighted by Gasteiger charge is 2.06. The van der Waals surface area contributed by atoms with Gasteiger partial charge in [-0.1, -0.05) is 12.1 Å². The molecule has 3 N–H and O–H groups in total. The number of hydrogen-bond acceptors (Lipinski definition) is 4. The average Bonchev–Trinajstić information content (AvgIpc) is 2.33. The Hall–Kier alpha value is -2.04. The molecule has 0 aromatic heterocycles. The third-order valence-corrected chi connectivity index (χ3v) is 2.21. The first-order chi connectivity index (χ1) is 8.11. The zero-order valence-electron chi connectivity index (χ0n) is 9.73. The van der Waals surface area contributed by atoms with E-state index >= 15 is 0 Å². The lowest BCUT2D eigenvalue weighted by Crippen LogP contribution is -2.25. The van der Waals surface area contributed by atoms with E-state index in [1.54, 1.807) is 6.07 Å². The van der Waals surface area contributed by atoms with Crippen LogP contribution in [-0.2, 0) is 20.7 Å². The van der Waals surface area contributed by atoms with Crippen LogP contribution in [0.15, 0.2) is 24.3 Å². The molecule has 0 radical (unpaired) electrons. The molecule has 0 fully saturated rings. The molecule has 1 aromatic rings. The van der Waals surface area contributed by atoms with Crippen LogP contribution in [0.5, 0.6) is 0 Å². The van der Waals surface area contributed by atoms with E-state index in [2.05, 4.69) is 5.32 Å². The molecule has 0 aliphatic rings. The molecule has 1 aromatic carbocycles. The highest BCUT2D eigenvalue weighted by molar-refractivity contribution is 5.80. The Balaban J connectivity index is 2.31. The molecule has 1 amide bonds. The van der Waals surface area contributed by atoms with Crippen molar-refractivity contribution in [3.63, 3.8) is 0 Å². The maximum absolute atomic E-state index is 11.3. The maximum atomic E-state index is 11.3. The van der Waals surface area contributed by atoms with Gasteiger partial charge in [-0.15, -0.1) is 0 Å². The number of likely N-dealkylation sites (N-methyl/N-ethyl adjacent to an activating group) is 1. The highest BCUT2D eigenvalue weighted by atomic mass is 16.5. The lowest BCUT2D eigenvalue weighted by Gasteiger charge is -2.04. The second kappa shape index (κ2) is 6.52. The van der Waals surface area contributed by atoms with E-state index in [1.165, 1.54) is 7.05 Å². The predicted molar refractivity (Wildman–Crippen MR) is 64.2 cm³/mol. The van der Waals surface area contributed by atoms with Crippen molar-refractivity contribution in [2.45, 2.75) is 12.8 Å². The summed E-state index contributed by atoms with van der Waals surface area (Å²) < 4.78 is 4.76. The third-order valence-electron chi connectivity index (χ3n) is 2.21. The van der Waals surface area contributed by atoms with Crippen molar-refractivity contribution in [1.29, 1.82) is 0 Å². The van der Waals surface area contributed by atoms with Gasteiger partial charge in [0.25, 0.3) is 5.91 Å². The third kappa shape index (κ3) is 5.01. The fraction of sp³-hybridized carbons (Fsp3) is 0.333. The molecule has 17 heavy (non-hydrogen) atoms. The van der Waals surface area contributed by atoms with Gasteiger partial charge in [0, 0.05) is 19.2 Å². The predicted octanol–water partition coefficient (Wildman–Crippen LogP) is 0.491. The first kappa shape index (κ1) is 13.0. The van der Waals surface area contributed by atoms with Gasteiger partial charge >= 0.3 is 5.97 Å². The summed E-state index contributed by atoms with van der Waals surface area (Å²) >= 11 is 0. The number of amides is 1. The van der Waals surface area contributed by atoms with Gasteiger partial charge in [-0.2, -0.15) is 0 Å². The van der Waals surface area contributed by atoms with Crippen LogP contribution in [0.4, 0.5) is 5.69 Å². The molecule has 0 aliphatic carbocycles. The monoisotopic (exact) mass is 236 g/mol. The minimum atomic E-state index is -0.393. The SMILES string of the molecule is CNC(=O)COC(=O)CCc1cccc(N)c1. The van der Waals surface area contributed by atoms with Crippen LogP contribution in [0.25, 0.3) is 0 Å². The van der Waals surface area contributed by atoms with Crippen molar-refractivity contribution in [2.75, 3.05) is 19.4 Å². The molecule has 5 heteroatoms. The summed E-state index contributed by atoms with van der Waals surface area (Å²) in [4.78, 5) is 22.1. The Labute approximate surface area is 99.9 Å². The summed E-state index contributed by atoms with van der Waals surface area (Å²) in [5.74, 6) is -0.710. The Bertz CT molecular complexity index is 404. The zero-order chi connectivity index (χ0) is 12.7. The van der Waals surface area contributed by atoms with E-state index in [1.807, 2.05) is 18.2 Å². The van der Waals surface area contributed by atoms with Crippen LogP contribution in [0.3, 0.4) is 0 Å². The summed E-state index contributed by atoms with van der Waals surface area (Å²) in [6.07, 6.45) is 0.790. The van der Waals surface area contributed by atoms with Crippen molar-refractivity contribution in [3.8, 4) is 0 Å². The summed E-state index contributed by atoms with van der Waals surface area (Å²) in [5, 5.41) is 2.37. The zero-order valence-corrected chi connectivity index (χ0v) is 9.73. The molecule has 0 bridgehead atoms. The fourth-order valence-electron chi connectivity index (χ4n) is 1.29. The van der Waals surface area contributed by atoms with Crippen LogP contribution in [0.1, 0.15) is 12.0 Å². The average molecular weight is 236 g/mol. The summed E-state index contributed by atoms with van der Waals surface area (Å²) in [5.41, 5.74) is 7.25. The van der Waals surface area contributed by atoms with Gasteiger partial charge in [0.1, 0.15) is 0 Å². The first-order valence-electron chi connectivity index (χ1n) is 5.32. The number of nitrogens with one attached hydrogen (secondary N) is 1. The van der Waals surface area contributed by atoms with Crippen LogP contribution in [0.2, 0.25) is 0 Å². The lowest BCUT2D eigenvalue weighted by atomic mass is 10.1. The van der Waals surface area contributed by atoms with Crippen molar-refractivity contribution >= 4 is 17.6 Å². The Morgan fingerprint density at radius 3 is 2.82 bits per heavy atom. The molecular formula is C12H16N2O3. The number of ether oxygens (including phenoxy) is 1. The Morgan fingerprint density at radius 1 is 1.41 bits per heavy atom. The smallest absolute Gasteiger partial charge is 0.306 e. The van der Waals surface area contributed by atoms with Crippen molar-refractivity contribution < 1.29 is 14.3 Å². The summed E-state index contributed by atoms with van der Waals surface area (Å²) in [7, 11) is 1.49. The Morgan fingerprint density at radius 2 is 2.18 bits per heavy atom. The van der Waals surface area contributed by atoms with Crippen LogP contribution >= 0.6 is 0 Å². The lowest BCUT2D eigenvalue weighted by molar-refractivity contribution is -0.148. The van der Waals surface area contributed by atoms with E-state index in [-0.39, 0.29) is 18.9 Å². The van der Waals surface area contributed by atoms with E-state index in [4.69, 9.17) is 10.5 Å². The normalized spacial score (nSPS) is 9.71. The van der Waals surface area contributed by atoms with Gasteiger partial charge < -0.3 is 15.8 Å². The van der Waals surface area contributed by atoms with Crippen molar-refractivity contribution in [2.24, 2.45) is 0 Å². The van der Waals surface area contributed by atoms with Crippen molar-refractivity contribution in [1.82, 2.24) is 5.32 Å². The minimum Gasteiger partial charge on any atom is -0.456 e. The van der Waals surface area contributed by atoms with E-state index in [0.717, 1.165) is 5.56 Å². The molecule has 5 nitrogen and oxygen atoms in total. The molecule has 0 unspecified atom stereocenters. The summed E-state index contributed by atoms with van der Waals surface area (Å²) in [6.45, 7) is -0.230. The molecule has 0 spiro atoms. The van der Waals surface area contributed by atoms with E-state index < -0.39 is 5.97 Å². The molecule has 0 atom stereocenters. The van der Waals surface area contributed by atoms with Gasteiger partial charge in [0.15, 0.2) is 6.61 Å². The van der Waals surface area contributed by atoms with Gasteiger partial charge in [0.05, 0.1) is 0 Å². The first-order valence-corrected chi connectivity index (χ1v) is 5.32. The number of rotatable bonds is 5. The molecular weight excluding hydrogens is 220 g/mol. The number of esters is 1. The number of nitrogen functional groups attached to an aromatic ring is 1. The second-order valence-corrected chi connectivity index (χ2v) is 3.58. The topological polar surface area (TPSA) is 81.4 Å². The van der Waals surface area contributed by atoms with E-state index in [0.29, 0.717) is 12.1 Å². The largest absolute Gasteiger partial charge is 0.456 e. The quantitative estimate of drug-likeness (QED) is 0.576. The number of nitrogens with two attached hydrogens (primary N) is 1. The number of hydrogen-bond donors (Lipinski definition) is 2. The molecule has 0 saturated carbocycles. The second-order valence-electron chi connectivity index (χ2n) is 3.58. The summed E-state index contributed by atoms with van der Waals surface area (Å²) in [6, 6.07) is 7.32. The standard InChI is InChI=1S/C12H16N2O3/c1-14-11(15)8-17-12(16)6-5-9-3-2-4-10(13)7-9/h2-4,7H,5-6,8,13H2,1H3,(H,14,15). The van der Waals surface area contributed by atoms with Crippen LogP contribution in [0, 0.1) is 0 Å². The number of anilines is 1. The minimum absolute atomic E-state index is 0.230. The van der Waals surface area contributed by atoms with Gasteiger partial charge in [-0.3, -0.25) is 9.59 Å². The number of carbonyl (C=O) groups excluding carboxylic acids is 2. The maximum Gasteiger partial charge on any atom is 0.306 e. The van der Waals surface area contributed by atoms with Gasteiger partial charge in [0.2, 0.25) is 0 Å². The molecule has 0 aliphatic heterocycles. The van der Waals surface area contributed by atoms with E-state index in [9.17, 15) is 9.59 Å². The fourth-order valence-corrected chi connectivity index (χ4v) is 1.29. The number of carbonyl (C=O) groups is 2. The van der Waals surface area contributed by atoms with Crippen molar-refractivity contribution in [3.05, 3.63) is 29.8 Å².